The van der Waals surface area contributed by atoms with Crippen LogP contribution in [0, 0.1) is 0 Å². The molecular formula is C28H22Cl2N5NaO3. The van der Waals surface area contributed by atoms with Crippen LogP contribution in [-0.4, -0.2) is 32.9 Å². The Labute approximate surface area is 258 Å². The summed E-state index contributed by atoms with van der Waals surface area (Å²) in [6, 6.07) is 16.6. The van der Waals surface area contributed by atoms with Crippen molar-refractivity contribution in [3.8, 4) is 0 Å². The van der Waals surface area contributed by atoms with Crippen molar-refractivity contribution in [1.29, 1.82) is 0 Å². The molecule has 8 nitrogen and oxygen atoms in total. The van der Waals surface area contributed by atoms with E-state index in [1.54, 1.807) is 49.1 Å². The topological polar surface area (TPSA) is 111 Å². The Kier molecular flexibility index (Phi) is 11.5. The van der Waals surface area contributed by atoms with E-state index in [1.165, 1.54) is 12.1 Å². The third kappa shape index (κ3) is 8.36. The Hall–Kier alpha value is -3.27. The zero-order chi connectivity index (χ0) is 26.9. The van der Waals surface area contributed by atoms with Gasteiger partial charge in [-0.2, -0.15) is 0 Å². The molecule has 1 atom stereocenters. The minimum atomic E-state index is -1.42. The number of carboxylic acid groups (broad SMARTS) is 1. The monoisotopic (exact) mass is 569 g/mol. The van der Waals surface area contributed by atoms with Crippen molar-refractivity contribution in [2.75, 3.05) is 4.90 Å². The maximum absolute atomic E-state index is 12.6. The molecule has 0 bridgehead atoms. The maximum atomic E-state index is 12.6. The number of anilines is 2. The summed E-state index contributed by atoms with van der Waals surface area (Å²) in [7, 11) is 0. The van der Waals surface area contributed by atoms with Crippen LogP contribution in [0.3, 0.4) is 0 Å². The third-order valence-corrected chi connectivity index (χ3v) is 6.15. The Balaban J connectivity index is 0.00000420. The summed E-state index contributed by atoms with van der Waals surface area (Å²) < 4.78 is 0. The molecule has 1 N–H and O–H groups in total. The number of nitrogens with zero attached hydrogens (tertiary/aromatic N) is 4. The van der Waals surface area contributed by atoms with Gasteiger partial charge < -0.3 is 20.1 Å². The molecule has 0 spiro atoms. The molecule has 2 aromatic heterocycles. The minimum Gasteiger partial charge on any atom is -0.548 e. The Morgan fingerprint density at radius 2 is 1.64 bits per heavy atom. The van der Waals surface area contributed by atoms with Crippen LogP contribution in [-0.2, 0) is 11.3 Å². The summed E-state index contributed by atoms with van der Waals surface area (Å²) in [5.41, 5.74) is 2.72. The molecule has 0 fully saturated rings. The first-order valence-electron chi connectivity index (χ1n) is 11.6. The van der Waals surface area contributed by atoms with Gasteiger partial charge in [0.25, 0.3) is 5.91 Å². The molecule has 0 aliphatic carbocycles. The minimum absolute atomic E-state index is 0. The molecular weight excluding hydrogens is 548 g/mol. The average Bonchev–Trinajstić information content (AvgIpc) is 2.92. The molecule has 0 saturated heterocycles. The van der Waals surface area contributed by atoms with E-state index in [0.29, 0.717) is 12.5 Å². The molecule has 192 valence electrons. The second-order valence-electron chi connectivity index (χ2n) is 8.17. The second kappa shape index (κ2) is 14.8. The van der Waals surface area contributed by atoms with E-state index >= 15 is 0 Å². The number of hydrogen-bond acceptors (Lipinski definition) is 7. The number of pyridine rings is 1. The largest absolute Gasteiger partial charge is 1.00 e. The number of amides is 1. The summed E-state index contributed by atoms with van der Waals surface area (Å²) in [6.07, 6.45) is 10.3. The first-order chi connectivity index (χ1) is 18.4. The Morgan fingerprint density at radius 1 is 0.949 bits per heavy atom. The number of aromatic nitrogens is 3. The third-order valence-electron chi connectivity index (χ3n) is 5.52. The Morgan fingerprint density at radius 3 is 2.26 bits per heavy atom. The smallest absolute Gasteiger partial charge is 0.548 e. The summed E-state index contributed by atoms with van der Waals surface area (Å²) >= 11 is 12.1. The molecule has 1 unspecified atom stereocenters. The van der Waals surface area contributed by atoms with E-state index in [0.717, 1.165) is 16.8 Å². The molecule has 39 heavy (non-hydrogen) atoms. The van der Waals surface area contributed by atoms with Gasteiger partial charge in [-0.05, 0) is 53.9 Å². The van der Waals surface area contributed by atoms with Crippen molar-refractivity contribution in [1.82, 2.24) is 20.3 Å². The maximum Gasteiger partial charge on any atom is 1.00 e. The van der Waals surface area contributed by atoms with Crippen LogP contribution >= 0.6 is 23.2 Å². The summed E-state index contributed by atoms with van der Waals surface area (Å²) in [6.45, 7) is 0.523. The van der Waals surface area contributed by atoms with Gasteiger partial charge in [-0.15, -0.1) is 0 Å². The number of halogens is 2. The number of benzene rings is 2. The fourth-order valence-corrected chi connectivity index (χ4v) is 4.22. The molecule has 1 amide bonds. The van der Waals surface area contributed by atoms with Crippen molar-refractivity contribution in [2.45, 2.75) is 19.0 Å². The van der Waals surface area contributed by atoms with Gasteiger partial charge in [-0.3, -0.25) is 9.78 Å². The van der Waals surface area contributed by atoms with E-state index < -0.39 is 17.9 Å². The van der Waals surface area contributed by atoms with E-state index in [4.69, 9.17) is 23.2 Å². The zero-order valence-corrected chi connectivity index (χ0v) is 24.5. The van der Waals surface area contributed by atoms with Crippen LogP contribution in [0.1, 0.15) is 27.9 Å². The van der Waals surface area contributed by atoms with Gasteiger partial charge in [-0.1, -0.05) is 59.6 Å². The molecule has 2 aromatic carbocycles. The van der Waals surface area contributed by atoms with Crippen molar-refractivity contribution in [3.05, 3.63) is 118 Å². The van der Waals surface area contributed by atoms with E-state index in [9.17, 15) is 14.7 Å². The molecule has 11 heteroatoms. The Bertz CT molecular complexity index is 1400. The van der Waals surface area contributed by atoms with Crippen molar-refractivity contribution in [2.24, 2.45) is 0 Å². The number of carbonyl (C=O) groups is 2. The van der Waals surface area contributed by atoms with E-state index in [-0.39, 0.29) is 51.6 Å². The normalized spacial score (nSPS) is 11.4. The second-order valence-corrected chi connectivity index (χ2v) is 8.98. The fraction of sp³-hybridized carbons (Fsp3) is 0.107. The number of carbonyl (C=O) groups excluding carboxylic acids is 2. The van der Waals surface area contributed by atoms with Crippen molar-refractivity contribution < 1.29 is 44.3 Å². The molecule has 0 aliphatic heterocycles. The molecule has 4 rings (SSSR count). The van der Waals surface area contributed by atoms with Crippen LogP contribution < -0.4 is 44.9 Å². The van der Waals surface area contributed by atoms with E-state index in [1.807, 2.05) is 41.3 Å². The number of aliphatic carboxylic acids is 1. The molecule has 4 aromatic rings. The number of carboxylic acids is 1. The van der Waals surface area contributed by atoms with Gasteiger partial charge >= 0.3 is 29.6 Å². The molecule has 0 saturated carbocycles. The fourth-order valence-electron chi connectivity index (χ4n) is 3.65. The molecule has 0 radical (unpaired) electrons. The summed E-state index contributed by atoms with van der Waals surface area (Å²) in [4.78, 5) is 39.1. The SMILES string of the molecule is O=C(NC(C/C=C/c1ccc(N(Cc2cccnc2)c2ncccn2)cc1)C(=O)[O-])c1c(Cl)cccc1Cl.[Na+]. The van der Waals surface area contributed by atoms with Gasteiger partial charge in [0.15, 0.2) is 0 Å². The summed E-state index contributed by atoms with van der Waals surface area (Å²) in [5, 5.41) is 14.3. The number of rotatable bonds is 10. The van der Waals surface area contributed by atoms with Crippen LogP contribution in [0.25, 0.3) is 6.08 Å². The number of nitrogens with one attached hydrogen (secondary N) is 1. The van der Waals surface area contributed by atoms with Gasteiger partial charge in [0, 0.05) is 30.5 Å². The predicted octanol–water partition coefficient (Wildman–Crippen LogP) is 1.47. The van der Waals surface area contributed by atoms with Crippen LogP contribution in [0.5, 0.6) is 0 Å². The molecule has 0 aliphatic rings. The standard InChI is InChI=1S/C28H23Cl2N5O3.Na/c29-22-7-2-8-23(30)25(22)26(36)34-24(27(37)38)9-1-5-19-10-12-21(13-11-19)35(28-32-15-4-16-33-28)18-20-6-3-14-31-17-20;/h1-8,10-17,24H,9,18H2,(H,34,36)(H,37,38);/q;+1/p-1/b5-1+;. The quantitative estimate of drug-likeness (QED) is 0.288. The van der Waals surface area contributed by atoms with Crippen molar-refractivity contribution >= 4 is 52.8 Å². The van der Waals surface area contributed by atoms with Gasteiger partial charge in [0.05, 0.1) is 34.2 Å². The van der Waals surface area contributed by atoms with Crippen LogP contribution in [0.4, 0.5) is 11.6 Å². The van der Waals surface area contributed by atoms with Crippen LogP contribution in [0.15, 0.2) is 91.5 Å². The average molecular weight is 570 g/mol. The van der Waals surface area contributed by atoms with Gasteiger partial charge in [0.2, 0.25) is 5.95 Å². The first-order valence-corrected chi connectivity index (χ1v) is 12.3. The number of hydrogen-bond donors (Lipinski definition) is 1. The van der Waals surface area contributed by atoms with Gasteiger partial charge in [-0.25, -0.2) is 9.97 Å². The first kappa shape index (κ1) is 30.3. The van der Waals surface area contributed by atoms with Gasteiger partial charge in [0.1, 0.15) is 0 Å². The molecule has 2 heterocycles. The predicted molar refractivity (Wildman–Crippen MR) is 145 cm³/mol. The summed E-state index contributed by atoms with van der Waals surface area (Å²) in [5.74, 6) is -1.56. The van der Waals surface area contributed by atoms with E-state index in [2.05, 4.69) is 20.3 Å². The van der Waals surface area contributed by atoms with Crippen molar-refractivity contribution in [3.63, 3.8) is 0 Å². The van der Waals surface area contributed by atoms with Crippen LogP contribution in [0.2, 0.25) is 10.0 Å². The zero-order valence-electron chi connectivity index (χ0n) is 21.0.